The molecule has 1 aromatic carbocycles. The first kappa shape index (κ1) is 17.3. The molecule has 0 radical (unpaired) electrons. The quantitative estimate of drug-likeness (QED) is 0.686. The van der Waals surface area contributed by atoms with Gasteiger partial charge in [-0.05, 0) is 31.5 Å². The molecule has 3 N–H and O–H groups in total. The molecule has 2 aromatic heterocycles. The van der Waals surface area contributed by atoms with E-state index < -0.39 is 0 Å². The van der Waals surface area contributed by atoms with E-state index in [9.17, 15) is 4.79 Å². The molecule has 3 aromatic rings. The number of hydrogen-bond acceptors (Lipinski definition) is 6. The van der Waals surface area contributed by atoms with Gasteiger partial charge in [0.2, 0.25) is 0 Å². The molecular formula is C18H20N4O2S. The molecule has 3 rings (SSSR count). The Hall–Kier alpha value is -2.51. The number of nitrogen functional groups attached to an aromatic ring is 1. The maximum Gasteiger partial charge on any atom is 0.251 e. The predicted octanol–water partition coefficient (Wildman–Crippen LogP) is 2.93. The minimum Gasteiger partial charge on any atom is -0.383 e. The Labute approximate surface area is 150 Å². The SMILES string of the molecule is COCCNC(=O)c1ccc(-c2nc(N)c3c(C)c(C)sc3n2)cc1. The minimum atomic E-state index is -0.135. The highest BCUT2D eigenvalue weighted by atomic mass is 32.1. The molecule has 1 amide bonds. The van der Waals surface area contributed by atoms with Crippen LogP contribution in [0.25, 0.3) is 21.6 Å². The highest BCUT2D eigenvalue weighted by Gasteiger charge is 2.14. The lowest BCUT2D eigenvalue weighted by atomic mass is 10.1. The topological polar surface area (TPSA) is 90.1 Å². The summed E-state index contributed by atoms with van der Waals surface area (Å²) in [4.78, 5) is 23.2. The van der Waals surface area contributed by atoms with Crippen molar-refractivity contribution in [1.82, 2.24) is 15.3 Å². The molecule has 0 aliphatic rings. The number of nitrogens with two attached hydrogens (primary N) is 1. The summed E-state index contributed by atoms with van der Waals surface area (Å²) in [7, 11) is 1.60. The summed E-state index contributed by atoms with van der Waals surface area (Å²) >= 11 is 1.61. The Balaban J connectivity index is 1.87. The number of thiophene rings is 1. The fourth-order valence-corrected chi connectivity index (χ4v) is 3.59. The minimum absolute atomic E-state index is 0.135. The summed E-state index contributed by atoms with van der Waals surface area (Å²) in [5.74, 6) is 0.921. The van der Waals surface area contributed by atoms with Crippen LogP contribution in [0.2, 0.25) is 0 Å². The standard InChI is InChI=1S/C18H20N4O2S/c1-10-11(2)25-18-14(10)15(19)21-16(22-18)12-4-6-13(7-5-12)17(23)20-8-9-24-3/h4-7H,8-9H2,1-3H3,(H,20,23)(H2,19,21,22). The lowest BCUT2D eigenvalue weighted by Crippen LogP contribution is -2.26. The number of benzene rings is 1. The van der Waals surface area contributed by atoms with Crippen molar-refractivity contribution in [2.75, 3.05) is 26.0 Å². The van der Waals surface area contributed by atoms with Gasteiger partial charge in [0.05, 0.1) is 12.0 Å². The third-order valence-corrected chi connectivity index (χ3v) is 5.15. The van der Waals surface area contributed by atoms with Crippen LogP contribution in [0.1, 0.15) is 20.8 Å². The maximum absolute atomic E-state index is 12.0. The fourth-order valence-electron chi connectivity index (χ4n) is 2.55. The van der Waals surface area contributed by atoms with Crippen LogP contribution in [0.4, 0.5) is 5.82 Å². The lowest BCUT2D eigenvalue weighted by Gasteiger charge is -2.06. The van der Waals surface area contributed by atoms with E-state index in [2.05, 4.69) is 22.2 Å². The highest BCUT2D eigenvalue weighted by molar-refractivity contribution is 7.18. The average molecular weight is 356 g/mol. The van der Waals surface area contributed by atoms with Crippen molar-refractivity contribution < 1.29 is 9.53 Å². The molecule has 0 fully saturated rings. The van der Waals surface area contributed by atoms with Gasteiger partial charge in [-0.15, -0.1) is 11.3 Å². The largest absolute Gasteiger partial charge is 0.383 e. The van der Waals surface area contributed by atoms with Crippen LogP contribution in [0.5, 0.6) is 0 Å². The first-order chi connectivity index (χ1) is 12.0. The molecule has 0 spiro atoms. The van der Waals surface area contributed by atoms with E-state index in [-0.39, 0.29) is 5.91 Å². The van der Waals surface area contributed by atoms with Crippen molar-refractivity contribution in [3.05, 3.63) is 40.3 Å². The second-order valence-corrected chi connectivity index (χ2v) is 6.93. The molecule has 7 heteroatoms. The molecule has 0 bridgehead atoms. The van der Waals surface area contributed by atoms with E-state index in [4.69, 9.17) is 10.5 Å². The van der Waals surface area contributed by atoms with Crippen LogP contribution < -0.4 is 11.1 Å². The van der Waals surface area contributed by atoms with Crippen molar-refractivity contribution in [3.8, 4) is 11.4 Å². The number of ether oxygens (including phenoxy) is 1. The fraction of sp³-hybridized carbons (Fsp3) is 0.278. The zero-order valence-electron chi connectivity index (χ0n) is 14.4. The molecular weight excluding hydrogens is 336 g/mol. The van der Waals surface area contributed by atoms with Gasteiger partial charge in [0, 0.05) is 29.7 Å². The van der Waals surface area contributed by atoms with E-state index in [0.717, 1.165) is 21.3 Å². The van der Waals surface area contributed by atoms with Crippen molar-refractivity contribution in [2.45, 2.75) is 13.8 Å². The van der Waals surface area contributed by atoms with Crippen LogP contribution in [0, 0.1) is 13.8 Å². The zero-order valence-corrected chi connectivity index (χ0v) is 15.2. The van der Waals surface area contributed by atoms with Crippen LogP contribution in [0.15, 0.2) is 24.3 Å². The number of anilines is 1. The molecule has 0 saturated carbocycles. The van der Waals surface area contributed by atoms with Gasteiger partial charge in [-0.3, -0.25) is 4.79 Å². The van der Waals surface area contributed by atoms with Crippen LogP contribution in [-0.2, 0) is 4.74 Å². The van der Waals surface area contributed by atoms with Gasteiger partial charge in [-0.2, -0.15) is 0 Å². The van der Waals surface area contributed by atoms with Gasteiger partial charge >= 0.3 is 0 Å². The molecule has 2 heterocycles. The number of methoxy groups -OCH3 is 1. The first-order valence-electron chi connectivity index (χ1n) is 7.92. The van der Waals surface area contributed by atoms with Crippen LogP contribution in [0.3, 0.4) is 0 Å². The Morgan fingerprint density at radius 1 is 1.24 bits per heavy atom. The van der Waals surface area contributed by atoms with E-state index >= 15 is 0 Å². The second-order valence-electron chi connectivity index (χ2n) is 5.72. The number of carbonyl (C=O) groups is 1. The van der Waals surface area contributed by atoms with E-state index in [1.165, 1.54) is 4.88 Å². The molecule has 25 heavy (non-hydrogen) atoms. The van der Waals surface area contributed by atoms with Crippen LogP contribution in [-0.4, -0.2) is 36.1 Å². The predicted molar refractivity (Wildman–Crippen MR) is 101 cm³/mol. The van der Waals surface area contributed by atoms with E-state index in [1.54, 1.807) is 30.6 Å². The Morgan fingerprint density at radius 3 is 2.64 bits per heavy atom. The van der Waals surface area contributed by atoms with Crippen molar-refractivity contribution >= 4 is 33.3 Å². The molecule has 0 aliphatic heterocycles. The smallest absolute Gasteiger partial charge is 0.251 e. The van der Waals surface area contributed by atoms with Crippen LogP contribution >= 0.6 is 11.3 Å². The Kier molecular flexibility index (Phi) is 4.96. The average Bonchev–Trinajstić information content (AvgIpc) is 2.90. The van der Waals surface area contributed by atoms with Gasteiger partial charge in [-0.25, -0.2) is 9.97 Å². The van der Waals surface area contributed by atoms with Crippen molar-refractivity contribution in [1.29, 1.82) is 0 Å². The summed E-state index contributed by atoms with van der Waals surface area (Å²) in [6.45, 7) is 5.05. The number of nitrogens with zero attached hydrogens (tertiary/aromatic N) is 2. The zero-order chi connectivity index (χ0) is 18.0. The Morgan fingerprint density at radius 2 is 1.96 bits per heavy atom. The lowest BCUT2D eigenvalue weighted by molar-refractivity contribution is 0.0937. The number of amides is 1. The van der Waals surface area contributed by atoms with Gasteiger partial charge < -0.3 is 15.8 Å². The number of hydrogen-bond donors (Lipinski definition) is 2. The van der Waals surface area contributed by atoms with Crippen molar-refractivity contribution in [3.63, 3.8) is 0 Å². The normalized spacial score (nSPS) is 11.0. The van der Waals surface area contributed by atoms with Gasteiger partial charge in [-0.1, -0.05) is 12.1 Å². The molecule has 0 aliphatic carbocycles. The summed E-state index contributed by atoms with van der Waals surface area (Å²) < 4.78 is 4.92. The monoisotopic (exact) mass is 356 g/mol. The number of aryl methyl sites for hydroxylation is 2. The molecule has 0 saturated heterocycles. The third-order valence-electron chi connectivity index (χ3n) is 4.05. The van der Waals surface area contributed by atoms with Gasteiger partial charge in [0.15, 0.2) is 5.82 Å². The van der Waals surface area contributed by atoms with Crippen molar-refractivity contribution in [2.24, 2.45) is 0 Å². The number of fused-ring (bicyclic) bond motifs is 1. The maximum atomic E-state index is 12.0. The first-order valence-corrected chi connectivity index (χ1v) is 8.73. The second kappa shape index (κ2) is 7.16. The van der Waals surface area contributed by atoms with Gasteiger partial charge in [0.25, 0.3) is 5.91 Å². The summed E-state index contributed by atoms with van der Waals surface area (Å²) in [6.07, 6.45) is 0. The number of aromatic nitrogens is 2. The van der Waals surface area contributed by atoms with E-state index in [0.29, 0.717) is 30.4 Å². The molecule has 0 unspecified atom stereocenters. The summed E-state index contributed by atoms with van der Waals surface area (Å²) in [5, 5.41) is 3.72. The number of carbonyl (C=O) groups excluding carboxylic acids is 1. The molecule has 6 nitrogen and oxygen atoms in total. The van der Waals surface area contributed by atoms with Gasteiger partial charge in [0.1, 0.15) is 10.6 Å². The number of nitrogens with one attached hydrogen (secondary N) is 1. The molecule has 0 atom stereocenters. The summed E-state index contributed by atoms with van der Waals surface area (Å²) in [6, 6.07) is 7.18. The summed E-state index contributed by atoms with van der Waals surface area (Å²) in [5.41, 5.74) is 8.67. The Bertz CT molecular complexity index is 919. The number of rotatable bonds is 5. The van der Waals surface area contributed by atoms with E-state index in [1.807, 2.05) is 19.1 Å². The highest BCUT2D eigenvalue weighted by Crippen LogP contribution is 2.33. The third kappa shape index (κ3) is 3.47. The molecule has 130 valence electrons.